The smallest absolute Gasteiger partial charge is 0.163 e. The van der Waals surface area contributed by atoms with Gasteiger partial charge in [-0.3, -0.25) is 0 Å². The first-order valence-corrected chi connectivity index (χ1v) is 9.51. The van der Waals surface area contributed by atoms with Crippen molar-refractivity contribution < 1.29 is 14.2 Å². The highest BCUT2D eigenvalue weighted by atomic mass is 32.1. The van der Waals surface area contributed by atoms with Crippen LogP contribution in [0.5, 0.6) is 17.2 Å². The second-order valence-corrected chi connectivity index (χ2v) is 6.80. The SMILES string of the molecule is COc1cccc(-c2csc(/C(C#N)=C/Nc3ccc4c(c3)OCCO4)n2)c1. The monoisotopic (exact) mass is 391 g/mol. The largest absolute Gasteiger partial charge is 0.497 e. The van der Waals surface area contributed by atoms with Gasteiger partial charge in [0.25, 0.3) is 0 Å². The van der Waals surface area contributed by atoms with Crippen molar-refractivity contribution in [1.82, 2.24) is 4.98 Å². The number of benzene rings is 2. The number of ether oxygens (including phenoxy) is 3. The van der Waals surface area contributed by atoms with Crippen molar-refractivity contribution in [2.75, 3.05) is 25.6 Å². The highest BCUT2D eigenvalue weighted by molar-refractivity contribution is 7.11. The number of thiazole rings is 1. The van der Waals surface area contributed by atoms with Crippen molar-refractivity contribution in [3.8, 4) is 34.6 Å². The molecule has 0 amide bonds. The summed E-state index contributed by atoms with van der Waals surface area (Å²) in [5.41, 5.74) is 3.01. The Bertz CT molecular complexity index is 1070. The van der Waals surface area contributed by atoms with Crippen molar-refractivity contribution in [2.45, 2.75) is 0 Å². The van der Waals surface area contributed by atoms with Crippen LogP contribution in [0.3, 0.4) is 0 Å². The molecule has 0 fully saturated rings. The van der Waals surface area contributed by atoms with Crippen molar-refractivity contribution >= 4 is 22.6 Å². The van der Waals surface area contributed by atoms with Crippen LogP contribution in [0.1, 0.15) is 5.01 Å². The van der Waals surface area contributed by atoms with Crippen LogP contribution in [-0.2, 0) is 0 Å². The molecule has 0 unspecified atom stereocenters. The van der Waals surface area contributed by atoms with Crippen molar-refractivity contribution in [3.05, 3.63) is 59.1 Å². The molecule has 6 nitrogen and oxygen atoms in total. The molecule has 0 aliphatic carbocycles. The van der Waals surface area contributed by atoms with Gasteiger partial charge in [-0.25, -0.2) is 4.98 Å². The van der Waals surface area contributed by atoms with Crippen LogP contribution in [0.15, 0.2) is 54.0 Å². The number of hydrogen-bond acceptors (Lipinski definition) is 7. The second-order valence-electron chi connectivity index (χ2n) is 5.94. The Morgan fingerprint density at radius 2 is 2.07 bits per heavy atom. The Hall–Kier alpha value is -3.50. The molecule has 2 aromatic carbocycles. The van der Waals surface area contributed by atoms with Crippen molar-refractivity contribution in [1.29, 1.82) is 5.26 Å². The quantitative estimate of drug-likeness (QED) is 0.642. The van der Waals surface area contributed by atoms with Crippen LogP contribution >= 0.6 is 11.3 Å². The third-order valence-electron chi connectivity index (χ3n) is 4.15. The zero-order valence-electron chi connectivity index (χ0n) is 15.1. The Balaban J connectivity index is 1.54. The predicted molar refractivity (Wildman–Crippen MR) is 109 cm³/mol. The summed E-state index contributed by atoms with van der Waals surface area (Å²) >= 11 is 1.42. The van der Waals surface area contributed by atoms with E-state index < -0.39 is 0 Å². The third-order valence-corrected chi connectivity index (χ3v) is 5.02. The number of allylic oxidation sites excluding steroid dienone is 1. The molecule has 3 aromatic rings. The van der Waals surface area contributed by atoms with Crippen LogP contribution < -0.4 is 19.5 Å². The van der Waals surface area contributed by atoms with E-state index in [1.807, 2.05) is 47.8 Å². The Kier molecular flexibility index (Phi) is 5.13. The zero-order valence-corrected chi connectivity index (χ0v) is 16.0. The maximum atomic E-state index is 9.56. The van der Waals surface area contributed by atoms with Gasteiger partial charge in [0.05, 0.1) is 12.8 Å². The summed E-state index contributed by atoms with van der Waals surface area (Å²) in [6.07, 6.45) is 1.65. The van der Waals surface area contributed by atoms with Crippen LogP contribution in [0.4, 0.5) is 5.69 Å². The van der Waals surface area contributed by atoms with E-state index in [4.69, 9.17) is 14.2 Å². The van der Waals surface area contributed by atoms with Gasteiger partial charge in [0.2, 0.25) is 0 Å². The minimum Gasteiger partial charge on any atom is -0.497 e. The van der Waals surface area contributed by atoms with Crippen LogP contribution in [0, 0.1) is 11.3 Å². The highest BCUT2D eigenvalue weighted by Gasteiger charge is 2.12. The molecule has 0 bridgehead atoms. The molecule has 1 N–H and O–H groups in total. The average molecular weight is 391 g/mol. The third kappa shape index (κ3) is 3.77. The number of methoxy groups -OCH3 is 1. The number of nitriles is 1. The first kappa shape index (κ1) is 17.9. The van der Waals surface area contributed by atoms with E-state index in [2.05, 4.69) is 16.4 Å². The summed E-state index contributed by atoms with van der Waals surface area (Å²) < 4.78 is 16.4. The Labute approximate surface area is 166 Å². The minimum absolute atomic E-state index is 0.453. The molecular formula is C21H17N3O3S. The fourth-order valence-corrected chi connectivity index (χ4v) is 3.54. The molecule has 2 heterocycles. The maximum absolute atomic E-state index is 9.56. The Morgan fingerprint density at radius 1 is 1.21 bits per heavy atom. The van der Waals surface area contributed by atoms with Crippen molar-refractivity contribution in [3.63, 3.8) is 0 Å². The molecule has 0 saturated heterocycles. The van der Waals surface area contributed by atoms with Crippen LogP contribution in [0.25, 0.3) is 16.8 Å². The number of aromatic nitrogens is 1. The lowest BCUT2D eigenvalue weighted by atomic mass is 10.1. The summed E-state index contributed by atoms with van der Waals surface area (Å²) in [6.45, 7) is 1.08. The number of nitrogens with one attached hydrogen (secondary N) is 1. The summed E-state index contributed by atoms with van der Waals surface area (Å²) in [7, 11) is 1.63. The van der Waals surface area contributed by atoms with Gasteiger partial charge < -0.3 is 19.5 Å². The van der Waals surface area contributed by atoms with Gasteiger partial charge in [-0.05, 0) is 24.3 Å². The maximum Gasteiger partial charge on any atom is 0.163 e. The number of anilines is 1. The first-order chi connectivity index (χ1) is 13.8. The number of rotatable bonds is 5. The minimum atomic E-state index is 0.453. The van der Waals surface area contributed by atoms with Crippen LogP contribution in [-0.4, -0.2) is 25.3 Å². The second kappa shape index (κ2) is 8.03. The molecule has 28 heavy (non-hydrogen) atoms. The van der Waals surface area contributed by atoms with Gasteiger partial charge in [0.15, 0.2) is 11.5 Å². The molecule has 1 aromatic heterocycles. The van der Waals surface area contributed by atoms with E-state index in [-0.39, 0.29) is 0 Å². The average Bonchev–Trinajstić information content (AvgIpc) is 3.24. The van der Waals surface area contributed by atoms with E-state index in [1.165, 1.54) is 11.3 Å². The topological polar surface area (TPSA) is 76.4 Å². The van der Waals surface area contributed by atoms with Gasteiger partial charge >= 0.3 is 0 Å². The highest BCUT2D eigenvalue weighted by Crippen LogP contribution is 2.33. The summed E-state index contributed by atoms with van der Waals surface area (Å²) in [5.74, 6) is 2.19. The summed E-state index contributed by atoms with van der Waals surface area (Å²) in [4.78, 5) is 4.60. The van der Waals surface area contributed by atoms with E-state index >= 15 is 0 Å². The van der Waals surface area contributed by atoms with Crippen molar-refractivity contribution in [2.24, 2.45) is 0 Å². The zero-order chi connectivity index (χ0) is 19.3. The van der Waals surface area contributed by atoms with Gasteiger partial charge in [-0.2, -0.15) is 5.26 Å². The van der Waals surface area contributed by atoms with Gasteiger partial charge in [0, 0.05) is 28.9 Å². The molecule has 4 rings (SSSR count). The number of hydrogen-bond donors (Lipinski definition) is 1. The fraction of sp³-hybridized carbons (Fsp3) is 0.143. The van der Waals surface area contributed by atoms with E-state index in [0.717, 1.165) is 28.4 Å². The lowest BCUT2D eigenvalue weighted by Gasteiger charge is -2.18. The Morgan fingerprint density at radius 3 is 2.89 bits per heavy atom. The summed E-state index contributed by atoms with van der Waals surface area (Å²) in [5, 5.41) is 15.3. The van der Waals surface area contributed by atoms with E-state index in [1.54, 1.807) is 13.3 Å². The molecule has 140 valence electrons. The lowest BCUT2D eigenvalue weighted by Crippen LogP contribution is -2.15. The molecule has 0 spiro atoms. The molecule has 1 aliphatic heterocycles. The van der Waals surface area contributed by atoms with Gasteiger partial charge in [0.1, 0.15) is 35.6 Å². The molecule has 7 heteroatoms. The fourth-order valence-electron chi connectivity index (χ4n) is 2.74. The number of nitrogens with zero attached hydrogens (tertiary/aromatic N) is 2. The molecule has 0 atom stereocenters. The van der Waals surface area contributed by atoms with Crippen LogP contribution in [0.2, 0.25) is 0 Å². The summed E-state index contributed by atoms with van der Waals surface area (Å²) in [6, 6.07) is 15.5. The predicted octanol–water partition coefficient (Wildman–Crippen LogP) is 4.57. The lowest BCUT2D eigenvalue weighted by molar-refractivity contribution is 0.171. The molecule has 0 saturated carbocycles. The van der Waals surface area contributed by atoms with E-state index in [9.17, 15) is 5.26 Å². The standard InChI is InChI=1S/C21H17N3O3S/c1-25-17-4-2-3-14(9-17)18-13-28-21(24-18)15(11-22)12-23-16-5-6-19-20(10-16)27-8-7-26-19/h2-6,9-10,12-13,23H,7-8H2,1H3/b15-12+. The molecule has 1 aliphatic rings. The molecule has 0 radical (unpaired) electrons. The normalized spacial score (nSPS) is 12.9. The first-order valence-electron chi connectivity index (χ1n) is 8.63. The molecular weight excluding hydrogens is 374 g/mol. The number of fused-ring (bicyclic) bond motifs is 1. The van der Waals surface area contributed by atoms with Gasteiger partial charge in [-0.1, -0.05) is 12.1 Å². The van der Waals surface area contributed by atoms with Gasteiger partial charge in [-0.15, -0.1) is 11.3 Å². The van der Waals surface area contributed by atoms with E-state index in [0.29, 0.717) is 29.5 Å².